The lowest BCUT2D eigenvalue weighted by Gasteiger charge is -2.10. The van der Waals surface area contributed by atoms with Gasteiger partial charge in [0.15, 0.2) is 5.78 Å². The molecule has 2 aromatic carbocycles. The number of nitrogen functional groups attached to an aromatic ring is 1. The van der Waals surface area contributed by atoms with Gasteiger partial charge in [-0.1, -0.05) is 12.1 Å². The first kappa shape index (κ1) is 13.2. The number of nitrogens with two attached hydrogens (primary N) is 1. The third kappa shape index (κ3) is 2.34. The fraction of sp³-hybridized carbons (Fsp3) is 0.133. The number of aryl methyl sites for hydroxylation is 2. The molecule has 0 aromatic heterocycles. The number of hydrogen-bond donors (Lipinski definition) is 1. The molecule has 0 aliphatic heterocycles. The number of halogens is 2. The SMILES string of the molecule is Cc1cc(C(=O)c2c(C)cccc2N)c(F)cc1F. The first-order valence-corrected chi connectivity index (χ1v) is 5.77. The summed E-state index contributed by atoms with van der Waals surface area (Å²) < 4.78 is 26.9. The Balaban J connectivity index is 2.60. The van der Waals surface area contributed by atoms with E-state index in [1.165, 1.54) is 13.0 Å². The molecule has 2 nitrogen and oxygen atoms in total. The fourth-order valence-electron chi connectivity index (χ4n) is 1.97. The first-order chi connectivity index (χ1) is 8.91. The highest BCUT2D eigenvalue weighted by Crippen LogP contribution is 2.23. The molecular formula is C15H13F2NO. The van der Waals surface area contributed by atoms with Crippen LogP contribution in [0.15, 0.2) is 30.3 Å². The standard InChI is InChI=1S/C15H13F2NO/c1-8-4-3-5-13(18)14(8)15(19)10-6-9(2)11(16)7-12(10)17/h3-7H,18H2,1-2H3. The molecule has 0 atom stereocenters. The molecule has 0 heterocycles. The van der Waals surface area contributed by atoms with Crippen LogP contribution < -0.4 is 5.73 Å². The molecular weight excluding hydrogens is 248 g/mol. The molecule has 0 aliphatic rings. The van der Waals surface area contributed by atoms with Crippen LogP contribution >= 0.6 is 0 Å². The van der Waals surface area contributed by atoms with E-state index in [9.17, 15) is 13.6 Å². The summed E-state index contributed by atoms with van der Waals surface area (Å²) >= 11 is 0. The highest BCUT2D eigenvalue weighted by molar-refractivity contribution is 6.13. The minimum Gasteiger partial charge on any atom is -0.398 e. The maximum Gasteiger partial charge on any atom is 0.198 e. The van der Waals surface area contributed by atoms with Crippen molar-refractivity contribution in [2.45, 2.75) is 13.8 Å². The lowest BCUT2D eigenvalue weighted by Crippen LogP contribution is -2.10. The van der Waals surface area contributed by atoms with Gasteiger partial charge in [-0.2, -0.15) is 0 Å². The second-order valence-corrected chi connectivity index (χ2v) is 4.45. The molecule has 2 aromatic rings. The van der Waals surface area contributed by atoms with E-state index >= 15 is 0 Å². The fourth-order valence-corrected chi connectivity index (χ4v) is 1.97. The molecule has 0 unspecified atom stereocenters. The van der Waals surface area contributed by atoms with E-state index in [2.05, 4.69) is 0 Å². The van der Waals surface area contributed by atoms with Gasteiger partial charge in [0.05, 0.1) is 5.56 Å². The van der Waals surface area contributed by atoms with Gasteiger partial charge in [-0.3, -0.25) is 4.79 Å². The quantitative estimate of drug-likeness (QED) is 0.665. The van der Waals surface area contributed by atoms with Crippen molar-refractivity contribution >= 4 is 11.5 Å². The maximum absolute atomic E-state index is 13.7. The van der Waals surface area contributed by atoms with E-state index in [0.29, 0.717) is 5.56 Å². The average molecular weight is 261 g/mol. The van der Waals surface area contributed by atoms with E-state index in [1.807, 2.05) is 0 Å². The smallest absolute Gasteiger partial charge is 0.198 e. The summed E-state index contributed by atoms with van der Waals surface area (Å²) in [5.41, 5.74) is 7.01. The molecule has 2 rings (SSSR count). The zero-order valence-electron chi connectivity index (χ0n) is 10.6. The molecule has 19 heavy (non-hydrogen) atoms. The molecule has 0 fully saturated rings. The van der Waals surface area contributed by atoms with E-state index in [1.54, 1.807) is 25.1 Å². The molecule has 98 valence electrons. The molecule has 0 saturated heterocycles. The second kappa shape index (κ2) is 4.80. The Bertz CT molecular complexity index is 645. The van der Waals surface area contributed by atoms with Gasteiger partial charge in [0.1, 0.15) is 11.6 Å². The van der Waals surface area contributed by atoms with Crippen LogP contribution in [-0.2, 0) is 0 Å². The Morgan fingerprint density at radius 1 is 1.05 bits per heavy atom. The number of carbonyl (C=O) groups excluding carboxylic acids is 1. The zero-order valence-corrected chi connectivity index (χ0v) is 10.6. The third-order valence-corrected chi connectivity index (χ3v) is 3.03. The number of hydrogen-bond acceptors (Lipinski definition) is 2. The normalized spacial score (nSPS) is 10.5. The van der Waals surface area contributed by atoms with Crippen LogP contribution in [0.25, 0.3) is 0 Å². The van der Waals surface area contributed by atoms with Crippen molar-refractivity contribution in [1.82, 2.24) is 0 Å². The van der Waals surface area contributed by atoms with Crippen molar-refractivity contribution in [3.05, 3.63) is 64.2 Å². The Morgan fingerprint density at radius 3 is 2.37 bits per heavy atom. The number of benzene rings is 2. The van der Waals surface area contributed by atoms with Crippen molar-refractivity contribution in [2.24, 2.45) is 0 Å². The Morgan fingerprint density at radius 2 is 1.74 bits per heavy atom. The molecule has 0 radical (unpaired) electrons. The van der Waals surface area contributed by atoms with Crippen LogP contribution in [0.2, 0.25) is 0 Å². The predicted molar refractivity (Wildman–Crippen MR) is 70.1 cm³/mol. The largest absolute Gasteiger partial charge is 0.398 e. The molecule has 0 bridgehead atoms. The highest BCUT2D eigenvalue weighted by Gasteiger charge is 2.19. The summed E-state index contributed by atoms with van der Waals surface area (Å²) in [6.45, 7) is 3.20. The highest BCUT2D eigenvalue weighted by atomic mass is 19.1. The third-order valence-electron chi connectivity index (χ3n) is 3.03. The number of anilines is 1. The van der Waals surface area contributed by atoms with Gasteiger partial charge in [0.25, 0.3) is 0 Å². The zero-order chi connectivity index (χ0) is 14.2. The second-order valence-electron chi connectivity index (χ2n) is 4.45. The van der Waals surface area contributed by atoms with E-state index in [0.717, 1.165) is 6.07 Å². The topological polar surface area (TPSA) is 43.1 Å². The van der Waals surface area contributed by atoms with Crippen molar-refractivity contribution in [2.75, 3.05) is 5.73 Å². The van der Waals surface area contributed by atoms with Crippen LogP contribution in [0.5, 0.6) is 0 Å². The van der Waals surface area contributed by atoms with Gasteiger partial charge < -0.3 is 5.73 Å². The molecule has 0 spiro atoms. The summed E-state index contributed by atoms with van der Waals surface area (Å²) in [5.74, 6) is -2.08. The lowest BCUT2D eigenvalue weighted by atomic mass is 9.96. The van der Waals surface area contributed by atoms with Crippen molar-refractivity contribution in [3.8, 4) is 0 Å². The van der Waals surface area contributed by atoms with Gasteiger partial charge in [0, 0.05) is 17.3 Å². The minimum absolute atomic E-state index is 0.167. The molecule has 0 aliphatic carbocycles. The minimum atomic E-state index is -0.879. The van der Waals surface area contributed by atoms with Gasteiger partial charge >= 0.3 is 0 Å². The monoisotopic (exact) mass is 261 g/mol. The van der Waals surface area contributed by atoms with Crippen LogP contribution in [0.1, 0.15) is 27.0 Å². The van der Waals surface area contributed by atoms with E-state index in [-0.39, 0.29) is 22.4 Å². The number of rotatable bonds is 2. The predicted octanol–water partition coefficient (Wildman–Crippen LogP) is 3.39. The Labute approximate surface area is 109 Å². The average Bonchev–Trinajstić information content (AvgIpc) is 2.33. The molecule has 2 N–H and O–H groups in total. The van der Waals surface area contributed by atoms with Gasteiger partial charge in [-0.05, 0) is 37.1 Å². The van der Waals surface area contributed by atoms with Gasteiger partial charge in [0.2, 0.25) is 0 Å². The van der Waals surface area contributed by atoms with Crippen molar-refractivity contribution in [1.29, 1.82) is 0 Å². The van der Waals surface area contributed by atoms with Gasteiger partial charge in [-0.25, -0.2) is 8.78 Å². The molecule has 0 saturated carbocycles. The molecule has 0 amide bonds. The van der Waals surface area contributed by atoms with Crippen LogP contribution in [-0.4, -0.2) is 5.78 Å². The maximum atomic E-state index is 13.7. The van der Waals surface area contributed by atoms with Gasteiger partial charge in [-0.15, -0.1) is 0 Å². The molecule has 4 heteroatoms. The Kier molecular flexibility index (Phi) is 3.34. The summed E-state index contributed by atoms with van der Waals surface area (Å²) in [7, 11) is 0. The van der Waals surface area contributed by atoms with E-state index in [4.69, 9.17) is 5.73 Å². The first-order valence-electron chi connectivity index (χ1n) is 5.77. The number of carbonyl (C=O) groups is 1. The van der Waals surface area contributed by atoms with Crippen LogP contribution in [0, 0.1) is 25.5 Å². The van der Waals surface area contributed by atoms with Crippen molar-refractivity contribution < 1.29 is 13.6 Å². The number of ketones is 1. The summed E-state index contributed by atoms with van der Waals surface area (Å²) in [6.07, 6.45) is 0. The summed E-state index contributed by atoms with van der Waals surface area (Å²) in [6, 6.07) is 6.94. The van der Waals surface area contributed by atoms with E-state index < -0.39 is 17.4 Å². The summed E-state index contributed by atoms with van der Waals surface area (Å²) in [5, 5.41) is 0. The lowest BCUT2D eigenvalue weighted by molar-refractivity contribution is 0.103. The Hall–Kier alpha value is -2.23. The summed E-state index contributed by atoms with van der Waals surface area (Å²) in [4.78, 5) is 12.3. The van der Waals surface area contributed by atoms with Crippen LogP contribution in [0.3, 0.4) is 0 Å². The van der Waals surface area contributed by atoms with Crippen LogP contribution in [0.4, 0.5) is 14.5 Å². The van der Waals surface area contributed by atoms with Crippen molar-refractivity contribution in [3.63, 3.8) is 0 Å².